The molecule has 6 nitrogen and oxygen atoms in total. The van der Waals surface area contributed by atoms with Crippen LogP contribution in [0.1, 0.15) is 26.3 Å². The van der Waals surface area contributed by atoms with Gasteiger partial charge in [0.25, 0.3) is 11.8 Å². The number of phenols is 1. The summed E-state index contributed by atoms with van der Waals surface area (Å²) in [5.74, 6) is 0.0207. The van der Waals surface area contributed by atoms with Gasteiger partial charge in [0.05, 0.1) is 0 Å². The van der Waals surface area contributed by atoms with Gasteiger partial charge < -0.3 is 20.6 Å². The van der Waals surface area contributed by atoms with E-state index in [-0.39, 0.29) is 30.0 Å². The lowest BCUT2D eigenvalue weighted by molar-refractivity contribution is 0.0535. The summed E-state index contributed by atoms with van der Waals surface area (Å²) in [5.41, 5.74) is 7.73. The van der Waals surface area contributed by atoms with Gasteiger partial charge in [-0.15, -0.1) is 12.4 Å². The molecule has 3 N–H and O–H groups in total. The van der Waals surface area contributed by atoms with Crippen molar-refractivity contribution in [1.29, 1.82) is 0 Å². The van der Waals surface area contributed by atoms with E-state index in [1.165, 1.54) is 12.1 Å². The van der Waals surface area contributed by atoms with E-state index in [9.17, 15) is 14.7 Å². The topological polar surface area (TPSA) is 86.9 Å². The van der Waals surface area contributed by atoms with Crippen molar-refractivity contribution in [2.24, 2.45) is 5.73 Å². The van der Waals surface area contributed by atoms with E-state index in [0.29, 0.717) is 43.9 Å². The van der Waals surface area contributed by atoms with Gasteiger partial charge in [-0.25, -0.2) is 0 Å². The molecule has 7 heteroatoms. The third-order valence-electron chi connectivity index (χ3n) is 4.40. The molecule has 1 aliphatic heterocycles. The molecule has 0 unspecified atom stereocenters. The summed E-state index contributed by atoms with van der Waals surface area (Å²) in [7, 11) is 0. The monoisotopic (exact) mass is 375 g/mol. The molecule has 0 aromatic heterocycles. The van der Waals surface area contributed by atoms with Gasteiger partial charge in [-0.1, -0.05) is 12.1 Å². The van der Waals surface area contributed by atoms with Crippen LogP contribution in [0.3, 0.4) is 0 Å². The Morgan fingerprint density at radius 2 is 1.19 bits per heavy atom. The average Bonchev–Trinajstić information content (AvgIpc) is 2.67. The number of hydrogen-bond acceptors (Lipinski definition) is 4. The van der Waals surface area contributed by atoms with Gasteiger partial charge in [0.2, 0.25) is 0 Å². The van der Waals surface area contributed by atoms with Crippen LogP contribution in [-0.2, 0) is 6.54 Å². The zero-order valence-electron chi connectivity index (χ0n) is 14.3. The lowest BCUT2D eigenvalue weighted by Crippen LogP contribution is -2.50. The summed E-state index contributed by atoms with van der Waals surface area (Å²) in [6, 6.07) is 13.5. The van der Waals surface area contributed by atoms with E-state index in [1.54, 1.807) is 34.1 Å². The molecule has 0 bridgehead atoms. The number of hydrogen-bond donors (Lipinski definition) is 2. The van der Waals surface area contributed by atoms with Gasteiger partial charge in [-0.05, 0) is 42.0 Å². The summed E-state index contributed by atoms with van der Waals surface area (Å²) in [6.07, 6.45) is 0. The first-order chi connectivity index (χ1) is 12.1. The minimum atomic E-state index is -0.0839. The SMILES string of the molecule is Cl.NCc1ccc(C(=O)N2CCN(C(=O)c3ccc(O)cc3)CC2)cc1. The third-order valence-corrected chi connectivity index (χ3v) is 4.40. The van der Waals surface area contributed by atoms with Crippen LogP contribution in [0.5, 0.6) is 5.75 Å². The Morgan fingerprint density at radius 1 is 0.808 bits per heavy atom. The Balaban J connectivity index is 0.00000243. The Bertz CT molecular complexity index is 755. The molecule has 0 atom stereocenters. The van der Waals surface area contributed by atoms with Crippen molar-refractivity contribution < 1.29 is 14.7 Å². The van der Waals surface area contributed by atoms with Crippen molar-refractivity contribution in [3.8, 4) is 5.75 Å². The van der Waals surface area contributed by atoms with Gasteiger partial charge in [0.15, 0.2) is 0 Å². The first kappa shape index (κ1) is 19.8. The van der Waals surface area contributed by atoms with Crippen LogP contribution in [-0.4, -0.2) is 52.9 Å². The van der Waals surface area contributed by atoms with Crippen LogP contribution in [0.2, 0.25) is 0 Å². The van der Waals surface area contributed by atoms with Crippen molar-refractivity contribution >= 4 is 24.2 Å². The Kier molecular flexibility index (Phi) is 6.60. The second kappa shape index (κ2) is 8.69. The Hall–Kier alpha value is -2.57. The summed E-state index contributed by atoms with van der Waals surface area (Å²) in [5, 5.41) is 9.31. The number of benzene rings is 2. The summed E-state index contributed by atoms with van der Waals surface area (Å²) >= 11 is 0. The predicted octanol–water partition coefficient (Wildman–Crippen LogP) is 1.87. The maximum atomic E-state index is 12.5. The van der Waals surface area contributed by atoms with Crippen molar-refractivity contribution in [1.82, 2.24) is 9.80 Å². The number of piperazine rings is 1. The number of nitrogens with two attached hydrogens (primary N) is 1. The number of carbonyl (C=O) groups excluding carboxylic acids is 2. The minimum Gasteiger partial charge on any atom is -0.508 e. The minimum absolute atomic E-state index is 0. The number of nitrogens with zero attached hydrogens (tertiary/aromatic N) is 2. The summed E-state index contributed by atoms with van der Waals surface area (Å²) in [6.45, 7) is 2.44. The van der Waals surface area contributed by atoms with Gasteiger partial charge in [-0.2, -0.15) is 0 Å². The number of rotatable bonds is 3. The molecule has 2 aromatic carbocycles. The number of aromatic hydroxyl groups is 1. The molecule has 1 heterocycles. The molecular weight excluding hydrogens is 354 g/mol. The molecule has 2 aromatic rings. The van der Waals surface area contributed by atoms with E-state index in [2.05, 4.69) is 0 Å². The van der Waals surface area contributed by atoms with Crippen LogP contribution >= 0.6 is 12.4 Å². The Morgan fingerprint density at radius 3 is 1.58 bits per heavy atom. The average molecular weight is 376 g/mol. The second-order valence-electron chi connectivity index (χ2n) is 6.03. The van der Waals surface area contributed by atoms with Gasteiger partial charge >= 0.3 is 0 Å². The van der Waals surface area contributed by atoms with Crippen LogP contribution < -0.4 is 5.73 Å². The largest absolute Gasteiger partial charge is 0.508 e. The van der Waals surface area contributed by atoms with E-state index >= 15 is 0 Å². The molecule has 2 amide bonds. The van der Waals surface area contributed by atoms with Crippen LogP contribution in [0.15, 0.2) is 48.5 Å². The Labute approximate surface area is 158 Å². The molecule has 1 saturated heterocycles. The van der Waals surface area contributed by atoms with Crippen LogP contribution in [0, 0.1) is 0 Å². The highest BCUT2D eigenvalue weighted by molar-refractivity contribution is 5.96. The molecule has 0 radical (unpaired) electrons. The summed E-state index contributed by atoms with van der Waals surface area (Å²) in [4.78, 5) is 28.5. The van der Waals surface area contributed by atoms with Gasteiger partial charge in [0.1, 0.15) is 5.75 Å². The fourth-order valence-corrected chi connectivity index (χ4v) is 2.87. The number of carbonyl (C=O) groups is 2. The summed E-state index contributed by atoms with van der Waals surface area (Å²) < 4.78 is 0. The normalized spacial score (nSPS) is 13.9. The fraction of sp³-hybridized carbons (Fsp3) is 0.263. The highest BCUT2D eigenvalue weighted by Crippen LogP contribution is 2.15. The zero-order valence-corrected chi connectivity index (χ0v) is 15.1. The van der Waals surface area contributed by atoms with Crippen molar-refractivity contribution in [2.75, 3.05) is 26.2 Å². The number of amides is 2. The molecular formula is C19H22ClN3O3. The van der Waals surface area contributed by atoms with Crippen molar-refractivity contribution in [2.45, 2.75) is 6.54 Å². The van der Waals surface area contributed by atoms with Crippen LogP contribution in [0.4, 0.5) is 0 Å². The molecule has 0 spiro atoms. The smallest absolute Gasteiger partial charge is 0.253 e. The molecule has 26 heavy (non-hydrogen) atoms. The zero-order chi connectivity index (χ0) is 17.8. The second-order valence-corrected chi connectivity index (χ2v) is 6.03. The van der Waals surface area contributed by atoms with Crippen molar-refractivity contribution in [3.05, 3.63) is 65.2 Å². The maximum Gasteiger partial charge on any atom is 0.253 e. The fourth-order valence-electron chi connectivity index (χ4n) is 2.87. The standard InChI is InChI=1S/C19H21N3O3.ClH/c20-13-14-1-3-15(4-2-14)18(24)21-9-11-22(12-10-21)19(25)16-5-7-17(23)8-6-16;/h1-8,23H,9-13,20H2;1H. The lowest BCUT2D eigenvalue weighted by atomic mass is 10.1. The molecule has 1 aliphatic rings. The molecule has 0 aliphatic carbocycles. The van der Waals surface area contributed by atoms with Crippen molar-refractivity contribution in [3.63, 3.8) is 0 Å². The molecule has 0 saturated carbocycles. The van der Waals surface area contributed by atoms with E-state index in [4.69, 9.17) is 5.73 Å². The third kappa shape index (κ3) is 4.33. The van der Waals surface area contributed by atoms with Crippen LogP contribution in [0.25, 0.3) is 0 Å². The van der Waals surface area contributed by atoms with E-state index in [0.717, 1.165) is 5.56 Å². The van der Waals surface area contributed by atoms with Gasteiger partial charge in [0, 0.05) is 43.9 Å². The number of halogens is 1. The highest BCUT2D eigenvalue weighted by atomic mass is 35.5. The van der Waals surface area contributed by atoms with Gasteiger partial charge in [-0.3, -0.25) is 9.59 Å². The lowest BCUT2D eigenvalue weighted by Gasteiger charge is -2.35. The first-order valence-corrected chi connectivity index (χ1v) is 8.25. The highest BCUT2D eigenvalue weighted by Gasteiger charge is 2.25. The van der Waals surface area contributed by atoms with E-state index < -0.39 is 0 Å². The molecule has 1 fully saturated rings. The predicted molar refractivity (Wildman–Crippen MR) is 101 cm³/mol. The van der Waals surface area contributed by atoms with E-state index in [1.807, 2.05) is 12.1 Å². The quantitative estimate of drug-likeness (QED) is 0.857. The molecule has 138 valence electrons. The maximum absolute atomic E-state index is 12.5. The number of phenolic OH excluding ortho intramolecular Hbond substituents is 1. The molecule has 3 rings (SSSR count). The first-order valence-electron chi connectivity index (χ1n) is 8.25.